The van der Waals surface area contributed by atoms with Crippen molar-refractivity contribution in [2.45, 2.75) is 84.3 Å². The van der Waals surface area contributed by atoms with E-state index in [2.05, 4.69) is 20.4 Å². The van der Waals surface area contributed by atoms with Crippen LogP contribution in [0.4, 0.5) is 25.1 Å². The van der Waals surface area contributed by atoms with E-state index in [0.29, 0.717) is 56.1 Å². The molecule has 0 saturated heterocycles. The Bertz CT molecular complexity index is 1520. The van der Waals surface area contributed by atoms with Gasteiger partial charge in [-0.2, -0.15) is 5.10 Å². The minimum atomic E-state index is -2.93. The van der Waals surface area contributed by atoms with Crippen molar-refractivity contribution in [3.8, 4) is 11.5 Å². The predicted octanol–water partition coefficient (Wildman–Crippen LogP) is 6.57. The summed E-state index contributed by atoms with van der Waals surface area (Å²) in [6, 6.07) is 3.05. The van der Waals surface area contributed by atoms with Crippen molar-refractivity contribution in [2.24, 2.45) is 11.8 Å². The number of pyridine rings is 1. The molecule has 1 N–H and O–H groups in total. The van der Waals surface area contributed by atoms with Crippen LogP contribution >= 0.6 is 0 Å². The van der Waals surface area contributed by atoms with Gasteiger partial charge in [0.2, 0.25) is 5.89 Å². The number of amides is 2. The van der Waals surface area contributed by atoms with Gasteiger partial charge in [0, 0.05) is 24.5 Å². The van der Waals surface area contributed by atoms with E-state index < -0.39 is 29.7 Å². The predicted molar refractivity (Wildman–Crippen MR) is 159 cm³/mol. The smallest absolute Gasteiger partial charge is 0.416 e. The van der Waals surface area contributed by atoms with Crippen LogP contribution in [0.1, 0.15) is 94.9 Å². The van der Waals surface area contributed by atoms with Crippen LogP contribution in [-0.4, -0.2) is 56.5 Å². The van der Waals surface area contributed by atoms with E-state index in [4.69, 9.17) is 13.9 Å². The number of nitrogens with one attached hydrogen (secondary N) is 1. The highest BCUT2D eigenvalue weighted by molar-refractivity contribution is 6.03. The Kier molecular flexibility index (Phi) is 9.49. The van der Waals surface area contributed by atoms with E-state index >= 15 is 0 Å². The summed E-state index contributed by atoms with van der Waals surface area (Å²) in [6.45, 7) is 7.88. The molecular formula is C31H38F2N6O6. The van der Waals surface area contributed by atoms with Crippen LogP contribution in [0.25, 0.3) is 11.5 Å². The van der Waals surface area contributed by atoms with Crippen molar-refractivity contribution in [3.05, 3.63) is 42.2 Å². The van der Waals surface area contributed by atoms with Gasteiger partial charge in [-0.05, 0) is 84.3 Å². The summed E-state index contributed by atoms with van der Waals surface area (Å²) in [6.07, 6.45) is 4.84. The third kappa shape index (κ3) is 8.03. The zero-order chi connectivity index (χ0) is 32.3. The van der Waals surface area contributed by atoms with E-state index in [1.165, 1.54) is 22.0 Å². The average molecular weight is 629 g/mol. The number of oxazole rings is 1. The first kappa shape index (κ1) is 32.0. The summed E-state index contributed by atoms with van der Waals surface area (Å²) in [5, 5.41) is 6.56. The molecule has 0 spiro atoms. The standard InChI is InChI=1S/C31H38F2N6O6/c1-5-43-29(41)19-8-10-21(11-9-19)39-16-22(25(37-39)26(32)33)35-27(40)23-17-44-28(36-23)20-12-13-34-24(14-20)38(15-18-6-7-18)30(42)45-31(2,3)4/h12-14,16-19,21,26H,5-11,15H2,1-4H3,(H,35,40). The number of halogens is 2. The van der Waals surface area contributed by atoms with Gasteiger partial charge in [-0.15, -0.1) is 0 Å². The van der Waals surface area contributed by atoms with Crippen LogP contribution in [0.5, 0.6) is 0 Å². The minimum Gasteiger partial charge on any atom is -0.466 e. The van der Waals surface area contributed by atoms with Gasteiger partial charge in [0.15, 0.2) is 11.4 Å². The molecule has 2 amide bonds. The Morgan fingerprint density at radius 3 is 2.53 bits per heavy atom. The maximum Gasteiger partial charge on any atom is 0.416 e. The second kappa shape index (κ2) is 13.3. The largest absolute Gasteiger partial charge is 0.466 e. The quantitative estimate of drug-likeness (QED) is 0.247. The molecule has 14 heteroatoms. The number of hydrogen-bond donors (Lipinski definition) is 1. The zero-order valence-corrected chi connectivity index (χ0v) is 25.8. The molecule has 0 aliphatic heterocycles. The number of alkyl halides is 2. The molecule has 45 heavy (non-hydrogen) atoms. The Morgan fingerprint density at radius 2 is 1.89 bits per heavy atom. The molecule has 5 rings (SSSR count). The van der Waals surface area contributed by atoms with Crippen molar-refractivity contribution < 1.29 is 37.1 Å². The molecule has 3 aromatic heterocycles. The molecule has 2 fully saturated rings. The summed E-state index contributed by atoms with van der Waals surface area (Å²) in [7, 11) is 0. The molecule has 0 bridgehead atoms. The lowest BCUT2D eigenvalue weighted by molar-refractivity contribution is -0.149. The van der Waals surface area contributed by atoms with E-state index in [0.717, 1.165) is 19.1 Å². The van der Waals surface area contributed by atoms with Crippen LogP contribution in [0.15, 0.2) is 35.2 Å². The highest BCUT2D eigenvalue weighted by Crippen LogP contribution is 2.36. The highest BCUT2D eigenvalue weighted by Gasteiger charge is 2.32. The molecule has 0 aromatic carbocycles. The number of esters is 1. The van der Waals surface area contributed by atoms with Crippen LogP contribution in [0.3, 0.4) is 0 Å². The molecule has 0 radical (unpaired) electrons. The lowest BCUT2D eigenvalue weighted by Gasteiger charge is -2.27. The zero-order valence-electron chi connectivity index (χ0n) is 25.8. The first-order valence-corrected chi connectivity index (χ1v) is 15.2. The third-order valence-corrected chi connectivity index (χ3v) is 7.66. The highest BCUT2D eigenvalue weighted by atomic mass is 19.3. The van der Waals surface area contributed by atoms with Crippen molar-refractivity contribution in [1.29, 1.82) is 0 Å². The fourth-order valence-electron chi connectivity index (χ4n) is 5.22. The van der Waals surface area contributed by atoms with Gasteiger partial charge in [-0.3, -0.25) is 19.2 Å². The molecule has 12 nitrogen and oxygen atoms in total. The van der Waals surface area contributed by atoms with E-state index in [-0.39, 0.29) is 35.2 Å². The lowest BCUT2D eigenvalue weighted by Crippen LogP contribution is -2.38. The number of aromatic nitrogens is 4. The fourth-order valence-corrected chi connectivity index (χ4v) is 5.22. The van der Waals surface area contributed by atoms with Crippen molar-refractivity contribution >= 4 is 29.5 Å². The number of hydrogen-bond acceptors (Lipinski definition) is 9. The van der Waals surface area contributed by atoms with Gasteiger partial charge in [0.1, 0.15) is 17.7 Å². The Hall–Kier alpha value is -4.36. The van der Waals surface area contributed by atoms with Crippen LogP contribution in [0.2, 0.25) is 0 Å². The van der Waals surface area contributed by atoms with Crippen molar-refractivity contribution in [2.75, 3.05) is 23.4 Å². The molecule has 2 aliphatic rings. The summed E-state index contributed by atoms with van der Waals surface area (Å²) in [5.41, 5.74) is -1.05. The van der Waals surface area contributed by atoms with Gasteiger partial charge < -0.3 is 19.2 Å². The Morgan fingerprint density at radius 1 is 1.16 bits per heavy atom. The second-order valence-corrected chi connectivity index (χ2v) is 12.4. The van der Waals surface area contributed by atoms with Crippen molar-refractivity contribution in [1.82, 2.24) is 19.7 Å². The summed E-state index contributed by atoms with van der Waals surface area (Å²) in [4.78, 5) is 48.2. The summed E-state index contributed by atoms with van der Waals surface area (Å²) >= 11 is 0. The van der Waals surface area contributed by atoms with E-state index in [9.17, 15) is 23.2 Å². The molecule has 3 aromatic rings. The van der Waals surface area contributed by atoms with E-state index in [1.54, 1.807) is 39.8 Å². The lowest BCUT2D eigenvalue weighted by atomic mass is 9.86. The number of anilines is 2. The Balaban J connectivity index is 1.29. The monoisotopic (exact) mass is 628 g/mol. The minimum absolute atomic E-state index is 0.0856. The van der Waals surface area contributed by atoms with Crippen molar-refractivity contribution in [3.63, 3.8) is 0 Å². The fraction of sp³-hybridized carbons (Fsp3) is 0.548. The first-order valence-electron chi connectivity index (χ1n) is 15.2. The molecule has 2 aliphatic carbocycles. The van der Waals surface area contributed by atoms with E-state index in [1.807, 2.05) is 0 Å². The Labute approximate surface area is 259 Å². The van der Waals surface area contributed by atoms with Gasteiger partial charge in [-0.1, -0.05) is 0 Å². The average Bonchev–Trinajstić information content (AvgIpc) is 3.49. The maximum atomic E-state index is 13.9. The first-order chi connectivity index (χ1) is 21.4. The van der Waals surface area contributed by atoms with Crippen LogP contribution < -0.4 is 10.2 Å². The molecule has 3 heterocycles. The van der Waals surface area contributed by atoms with Gasteiger partial charge >= 0.3 is 12.1 Å². The molecule has 0 atom stereocenters. The number of carbonyl (C=O) groups is 3. The van der Waals surface area contributed by atoms with Gasteiger partial charge in [-0.25, -0.2) is 23.5 Å². The number of carbonyl (C=O) groups excluding carboxylic acids is 3. The third-order valence-electron chi connectivity index (χ3n) is 7.66. The van der Waals surface area contributed by atoms with Gasteiger partial charge in [0.05, 0.1) is 24.3 Å². The summed E-state index contributed by atoms with van der Waals surface area (Å²) in [5.74, 6) is -0.420. The second-order valence-electron chi connectivity index (χ2n) is 12.4. The molecular weight excluding hydrogens is 590 g/mol. The SMILES string of the molecule is CCOC(=O)C1CCC(n2cc(NC(=O)c3coc(-c4ccnc(N(CC5CC5)C(=O)OC(C)(C)C)c4)n3)c(C(F)F)n2)CC1. The van der Waals surface area contributed by atoms with Crippen LogP contribution in [-0.2, 0) is 14.3 Å². The van der Waals surface area contributed by atoms with Crippen LogP contribution in [0, 0.1) is 11.8 Å². The normalized spacial score (nSPS) is 18.5. The molecule has 2 saturated carbocycles. The summed E-state index contributed by atoms with van der Waals surface area (Å²) < 4.78 is 45.5. The maximum absolute atomic E-state index is 13.9. The van der Waals surface area contributed by atoms with Gasteiger partial charge in [0.25, 0.3) is 12.3 Å². The molecule has 242 valence electrons. The number of nitrogens with zero attached hydrogens (tertiary/aromatic N) is 5. The number of ether oxygens (including phenoxy) is 2. The topological polar surface area (TPSA) is 142 Å². The number of rotatable bonds is 10. The molecule has 0 unspecified atom stereocenters.